The summed E-state index contributed by atoms with van der Waals surface area (Å²) in [5, 5.41) is 13.1. The van der Waals surface area contributed by atoms with Gasteiger partial charge in [0.15, 0.2) is 16.2 Å². The van der Waals surface area contributed by atoms with Crippen LogP contribution in [0.3, 0.4) is 0 Å². The molecule has 1 aliphatic rings. The zero-order valence-electron chi connectivity index (χ0n) is 8.16. The molecule has 0 fully saturated rings. The lowest BCUT2D eigenvalue weighted by atomic mass is 10.1. The lowest BCUT2D eigenvalue weighted by Crippen LogP contribution is -2.45. The molecule has 2 rings (SSSR count). The van der Waals surface area contributed by atoms with Crippen LogP contribution in [0.4, 0.5) is 5.69 Å². The van der Waals surface area contributed by atoms with E-state index in [9.17, 15) is 9.59 Å². The maximum absolute atomic E-state index is 11.5. The van der Waals surface area contributed by atoms with Crippen molar-refractivity contribution in [2.24, 2.45) is 0 Å². The second kappa shape index (κ2) is 2.96. The molecule has 1 amide bonds. The molecule has 1 aliphatic heterocycles. The number of hydrogen-bond donors (Lipinski definition) is 2. The van der Waals surface area contributed by atoms with Crippen molar-refractivity contribution >= 4 is 28.9 Å². The van der Waals surface area contributed by atoms with Crippen molar-refractivity contribution in [1.29, 1.82) is 0 Å². The standard InChI is InChI=1S/C9H9NO4S/c1-9(2)8(13)10-4-3-15-6(7(11)12)5(4)14-9/h3H,1-2H3,(H,10,13)(H,11,12). The third-order valence-corrected chi connectivity index (χ3v) is 3.04. The number of amides is 1. The van der Waals surface area contributed by atoms with Crippen LogP contribution in [0.25, 0.3) is 0 Å². The Morgan fingerprint density at radius 2 is 2.27 bits per heavy atom. The van der Waals surface area contributed by atoms with E-state index in [0.29, 0.717) is 5.69 Å². The van der Waals surface area contributed by atoms with Crippen LogP contribution in [0.15, 0.2) is 5.38 Å². The van der Waals surface area contributed by atoms with Crippen LogP contribution in [0.1, 0.15) is 23.5 Å². The maximum Gasteiger partial charge on any atom is 0.349 e. The number of aromatic carboxylic acids is 1. The van der Waals surface area contributed by atoms with Gasteiger partial charge in [0, 0.05) is 5.38 Å². The normalized spacial score (nSPS) is 17.6. The summed E-state index contributed by atoms with van der Waals surface area (Å²) in [5.41, 5.74) is -0.597. The number of fused-ring (bicyclic) bond motifs is 1. The van der Waals surface area contributed by atoms with Crippen molar-refractivity contribution in [1.82, 2.24) is 0 Å². The molecule has 6 heteroatoms. The van der Waals surface area contributed by atoms with Crippen LogP contribution in [0.5, 0.6) is 5.75 Å². The first-order valence-corrected chi connectivity index (χ1v) is 5.15. The van der Waals surface area contributed by atoms with Crippen molar-refractivity contribution in [3.63, 3.8) is 0 Å². The number of ether oxygens (including phenoxy) is 1. The summed E-state index contributed by atoms with van der Waals surface area (Å²) in [6, 6.07) is 0. The van der Waals surface area contributed by atoms with Gasteiger partial charge in [-0.3, -0.25) is 4.79 Å². The minimum atomic E-state index is -1.05. The first kappa shape index (κ1) is 9.97. The third-order valence-electron chi connectivity index (χ3n) is 2.09. The number of carboxylic acids is 1. The molecule has 15 heavy (non-hydrogen) atoms. The Hall–Kier alpha value is -1.56. The maximum atomic E-state index is 11.5. The molecule has 0 aliphatic carbocycles. The van der Waals surface area contributed by atoms with Gasteiger partial charge in [-0.25, -0.2) is 4.79 Å². The average molecular weight is 227 g/mol. The molecule has 0 saturated carbocycles. The van der Waals surface area contributed by atoms with E-state index in [-0.39, 0.29) is 16.5 Å². The summed E-state index contributed by atoms with van der Waals surface area (Å²) in [5.74, 6) is -1.07. The van der Waals surface area contributed by atoms with E-state index in [1.54, 1.807) is 19.2 Å². The van der Waals surface area contributed by atoms with Crippen LogP contribution in [0, 0.1) is 0 Å². The third kappa shape index (κ3) is 1.46. The summed E-state index contributed by atoms with van der Waals surface area (Å²) in [7, 11) is 0. The quantitative estimate of drug-likeness (QED) is 0.763. The van der Waals surface area contributed by atoms with Gasteiger partial charge in [-0.15, -0.1) is 11.3 Å². The summed E-state index contributed by atoms with van der Waals surface area (Å²) in [6.45, 7) is 3.18. The van der Waals surface area contributed by atoms with E-state index in [4.69, 9.17) is 9.84 Å². The zero-order chi connectivity index (χ0) is 11.2. The molecule has 2 N–H and O–H groups in total. The Labute approximate surface area is 89.7 Å². The molecular formula is C9H9NO4S. The van der Waals surface area contributed by atoms with Gasteiger partial charge >= 0.3 is 5.97 Å². The molecule has 2 heterocycles. The van der Waals surface area contributed by atoms with Crippen LogP contribution >= 0.6 is 11.3 Å². The molecule has 0 bridgehead atoms. The van der Waals surface area contributed by atoms with Crippen molar-refractivity contribution < 1.29 is 19.4 Å². The van der Waals surface area contributed by atoms with Crippen molar-refractivity contribution in [3.8, 4) is 5.75 Å². The number of thiophene rings is 1. The first-order chi connectivity index (χ1) is 6.92. The molecule has 0 saturated heterocycles. The summed E-state index contributed by atoms with van der Waals surface area (Å²) < 4.78 is 5.38. The van der Waals surface area contributed by atoms with E-state index < -0.39 is 11.6 Å². The summed E-state index contributed by atoms with van der Waals surface area (Å²) in [6.07, 6.45) is 0. The molecule has 0 spiro atoms. The number of rotatable bonds is 1. The minimum absolute atomic E-state index is 0.109. The lowest BCUT2D eigenvalue weighted by Gasteiger charge is -2.30. The van der Waals surface area contributed by atoms with Gasteiger partial charge in [-0.1, -0.05) is 0 Å². The van der Waals surface area contributed by atoms with Crippen LogP contribution in [-0.4, -0.2) is 22.6 Å². The second-order valence-corrected chi connectivity index (χ2v) is 4.56. The highest BCUT2D eigenvalue weighted by Crippen LogP contribution is 2.40. The van der Waals surface area contributed by atoms with Crippen molar-refractivity contribution in [2.75, 3.05) is 5.32 Å². The van der Waals surface area contributed by atoms with Crippen LogP contribution in [0.2, 0.25) is 0 Å². The highest BCUT2D eigenvalue weighted by atomic mass is 32.1. The highest BCUT2D eigenvalue weighted by Gasteiger charge is 2.38. The molecule has 0 radical (unpaired) electrons. The largest absolute Gasteiger partial charge is 0.477 e. The molecule has 80 valence electrons. The van der Waals surface area contributed by atoms with Gasteiger partial charge in [-0.2, -0.15) is 0 Å². The molecule has 0 unspecified atom stereocenters. The smallest absolute Gasteiger partial charge is 0.349 e. The molecule has 1 aromatic heterocycles. The van der Waals surface area contributed by atoms with Gasteiger partial charge in [0.2, 0.25) is 0 Å². The topological polar surface area (TPSA) is 75.6 Å². The average Bonchev–Trinajstić information content (AvgIpc) is 2.47. The number of carbonyl (C=O) groups is 2. The Morgan fingerprint density at radius 3 is 2.87 bits per heavy atom. The fourth-order valence-electron chi connectivity index (χ4n) is 1.26. The van der Waals surface area contributed by atoms with Crippen molar-refractivity contribution in [2.45, 2.75) is 19.4 Å². The molecule has 1 aromatic rings. The van der Waals surface area contributed by atoms with E-state index >= 15 is 0 Å². The van der Waals surface area contributed by atoms with Gasteiger partial charge in [0.1, 0.15) is 0 Å². The summed E-state index contributed by atoms with van der Waals surface area (Å²) in [4.78, 5) is 22.4. The number of carbonyl (C=O) groups excluding carboxylic acids is 1. The summed E-state index contributed by atoms with van der Waals surface area (Å²) >= 11 is 1.04. The monoisotopic (exact) mass is 227 g/mol. The Balaban J connectivity index is 2.49. The predicted molar refractivity (Wildman–Crippen MR) is 54.6 cm³/mol. The van der Waals surface area contributed by atoms with E-state index in [1.807, 2.05) is 0 Å². The Morgan fingerprint density at radius 1 is 1.60 bits per heavy atom. The fraction of sp³-hybridized carbons (Fsp3) is 0.333. The van der Waals surface area contributed by atoms with Gasteiger partial charge in [0.25, 0.3) is 5.91 Å². The fourth-order valence-corrected chi connectivity index (χ4v) is 2.02. The van der Waals surface area contributed by atoms with Gasteiger partial charge < -0.3 is 15.2 Å². The van der Waals surface area contributed by atoms with E-state index in [1.165, 1.54) is 0 Å². The SMILES string of the molecule is CC1(C)Oc2c(csc2C(=O)O)NC1=O. The lowest BCUT2D eigenvalue weighted by molar-refractivity contribution is -0.129. The Kier molecular flexibility index (Phi) is 1.97. The highest BCUT2D eigenvalue weighted by molar-refractivity contribution is 7.13. The van der Waals surface area contributed by atoms with Crippen LogP contribution in [-0.2, 0) is 4.79 Å². The second-order valence-electron chi connectivity index (χ2n) is 3.68. The van der Waals surface area contributed by atoms with Gasteiger partial charge in [-0.05, 0) is 13.8 Å². The Bertz CT molecular complexity index is 449. The van der Waals surface area contributed by atoms with Gasteiger partial charge in [0.05, 0.1) is 5.69 Å². The number of anilines is 1. The molecular weight excluding hydrogens is 218 g/mol. The number of carboxylic acid groups (broad SMARTS) is 1. The minimum Gasteiger partial charge on any atom is -0.477 e. The van der Waals surface area contributed by atoms with E-state index in [0.717, 1.165) is 11.3 Å². The van der Waals surface area contributed by atoms with Crippen molar-refractivity contribution in [3.05, 3.63) is 10.3 Å². The molecule has 0 atom stereocenters. The van der Waals surface area contributed by atoms with E-state index in [2.05, 4.69) is 5.32 Å². The molecule has 0 aromatic carbocycles. The molecule has 5 nitrogen and oxygen atoms in total. The first-order valence-electron chi connectivity index (χ1n) is 4.27. The van der Waals surface area contributed by atoms with Crippen LogP contribution < -0.4 is 10.1 Å². The number of nitrogens with one attached hydrogen (secondary N) is 1. The zero-order valence-corrected chi connectivity index (χ0v) is 8.97. The number of hydrogen-bond acceptors (Lipinski definition) is 4. The predicted octanol–water partition coefficient (Wildman–Crippen LogP) is 1.56.